The molecule has 0 unspecified atom stereocenters. The molecule has 0 aromatic heterocycles. The van der Waals surface area contributed by atoms with Gasteiger partial charge in [-0.15, -0.1) is 0 Å². The predicted molar refractivity (Wildman–Crippen MR) is 112 cm³/mol. The molecule has 3 aromatic rings. The highest BCUT2D eigenvalue weighted by molar-refractivity contribution is 6.31. The highest BCUT2D eigenvalue weighted by Gasteiger charge is 2.61. The molecule has 0 amide bonds. The summed E-state index contributed by atoms with van der Waals surface area (Å²) in [6, 6.07) is 20.6. The van der Waals surface area contributed by atoms with Gasteiger partial charge in [0.25, 0.3) is 0 Å². The maximum Gasteiger partial charge on any atom is 0.0412 e. The van der Waals surface area contributed by atoms with E-state index in [-0.39, 0.29) is 5.41 Å². The SMILES string of the molecule is Clc1ccc2c(c1)-c1cc3ccccc3cc1C21C2CC3CC(C2)CC1C3. The fraction of sp³-hybridized carbons (Fsp3) is 0.385. The average molecular weight is 371 g/mol. The molecular formula is C26H23Cl. The summed E-state index contributed by atoms with van der Waals surface area (Å²) in [6.45, 7) is 0. The second-order valence-corrected chi connectivity index (χ2v) is 10.0. The minimum absolute atomic E-state index is 0.243. The first kappa shape index (κ1) is 15.2. The zero-order chi connectivity index (χ0) is 17.8. The van der Waals surface area contributed by atoms with E-state index in [0.717, 1.165) is 28.7 Å². The van der Waals surface area contributed by atoms with Gasteiger partial charge in [-0.3, -0.25) is 0 Å². The molecule has 5 aliphatic rings. The van der Waals surface area contributed by atoms with Crippen LogP contribution in [0.2, 0.25) is 5.02 Å². The summed E-state index contributed by atoms with van der Waals surface area (Å²) in [5, 5.41) is 3.61. The zero-order valence-electron chi connectivity index (χ0n) is 15.4. The summed E-state index contributed by atoms with van der Waals surface area (Å²) < 4.78 is 0. The standard InChI is InChI=1S/C26H23Cl/c27-21-5-6-24-23(14-21)22-12-17-3-1-2-4-18(17)13-25(22)26(24)19-8-15-7-16(10-19)11-20(26)9-15/h1-6,12-16,19-20H,7-11H2. The van der Waals surface area contributed by atoms with Gasteiger partial charge in [-0.05, 0) is 113 Å². The van der Waals surface area contributed by atoms with Crippen LogP contribution in [-0.4, -0.2) is 0 Å². The van der Waals surface area contributed by atoms with Crippen LogP contribution in [0.15, 0.2) is 54.6 Å². The number of benzene rings is 3. The Hall–Kier alpha value is -1.79. The first-order valence-corrected chi connectivity index (χ1v) is 10.9. The van der Waals surface area contributed by atoms with Crippen molar-refractivity contribution in [1.29, 1.82) is 0 Å². The Morgan fingerprint density at radius 3 is 2.00 bits per heavy atom. The summed E-state index contributed by atoms with van der Waals surface area (Å²) in [7, 11) is 0. The molecule has 134 valence electrons. The smallest absolute Gasteiger partial charge is 0.0412 e. The monoisotopic (exact) mass is 370 g/mol. The fourth-order valence-electron chi connectivity index (χ4n) is 7.86. The van der Waals surface area contributed by atoms with E-state index in [2.05, 4.69) is 54.6 Å². The Morgan fingerprint density at radius 1 is 0.667 bits per heavy atom. The molecule has 0 radical (unpaired) electrons. The Morgan fingerprint density at radius 2 is 1.30 bits per heavy atom. The second-order valence-electron chi connectivity index (χ2n) is 9.61. The molecule has 1 heteroatoms. The first-order valence-electron chi connectivity index (χ1n) is 10.6. The van der Waals surface area contributed by atoms with Crippen molar-refractivity contribution in [2.45, 2.75) is 37.5 Å². The highest BCUT2D eigenvalue weighted by Crippen LogP contribution is 2.69. The molecule has 5 aliphatic carbocycles. The lowest BCUT2D eigenvalue weighted by Crippen LogP contribution is -2.55. The van der Waals surface area contributed by atoms with E-state index in [9.17, 15) is 0 Å². The van der Waals surface area contributed by atoms with Gasteiger partial charge >= 0.3 is 0 Å². The van der Waals surface area contributed by atoms with Crippen LogP contribution < -0.4 is 0 Å². The van der Waals surface area contributed by atoms with Crippen molar-refractivity contribution < 1.29 is 0 Å². The summed E-state index contributed by atoms with van der Waals surface area (Å²) in [4.78, 5) is 0. The van der Waals surface area contributed by atoms with Gasteiger partial charge in [0.2, 0.25) is 0 Å². The fourth-order valence-corrected chi connectivity index (χ4v) is 8.03. The van der Waals surface area contributed by atoms with Crippen molar-refractivity contribution in [1.82, 2.24) is 0 Å². The molecule has 0 atom stereocenters. The molecule has 0 heterocycles. The molecule has 0 aliphatic heterocycles. The number of rotatable bonds is 0. The lowest BCUT2D eigenvalue weighted by Gasteiger charge is -2.61. The second kappa shape index (κ2) is 4.97. The normalized spacial score (nSPS) is 35.0. The van der Waals surface area contributed by atoms with Gasteiger partial charge in [-0.2, -0.15) is 0 Å². The van der Waals surface area contributed by atoms with E-state index in [1.54, 1.807) is 11.1 Å². The minimum atomic E-state index is 0.243. The quantitative estimate of drug-likeness (QED) is 0.392. The third-order valence-electron chi connectivity index (χ3n) is 8.47. The molecule has 0 N–H and O–H groups in total. The van der Waals surface area contributed by atoms with E-state index in [1.165, 1.54) is 54.0 Å². The van der Waals surface area contributed by atoms with Gasteiger partial charge < -0.3 is 0 Å². The molecule has 27 heavy (non-hydrogen) atoms. The molecule has 4 bridgehead atoms. The van der Waals surface area contributed by atoms with E-state index in [4.69, 9.17) is 11.6 Å². The molecule has 0 nitrogen and oxygen atoms in total. The van der Waals surface area contributed by atoms with Gasteiger partial charge in [-0.25, -0.2) is 0 Å². The van der Waals surface area contributed by atoms with Gasteiger partial charge in [-0.1, -0.05) is 41.9 Å². The van der Waals surface area contributed by atoms with Crippen LogP contribution in [0.5, 0.6) is 0 Å². The lowest BCUT2D eigenvalue weighted by atomic mass is 9.43. The van der Waals surface area contributed by atoms with Gasteiger partial charge in [0.15, 0.2) is 0 Å². The summed E-state index contributed by atoms with van der Waals surface area (Å²) in [5.41, 5.74) is 6.32. The summed E-state index contributed by atoms with van der Waals surface area (Å²) in [5.74, 6) is 3.60. The minimum Gasteiger partial charge on any atom is -0.0843 e. The van der Waals surface area contributed by atoms with E-state index in [1.807, 2.05) is 0 Å². The molecule has 4 saturated carbocycles. The van der Waals surface area contributed by atoms with E-state index >= 15 is 0 Å². The average Bonchev–Trinajstić information content (AvgIpc) is 2.93. The highest BCUT2D eigenvalue weighted by atomic mass is 35.5. The van der Waals surface area contributed by atoms with Crippen LogP contribution in [0, 0.1) is 23.7 Å². The Kier molecular flexibility index (Phi) is 2.79. The number of fused-ring (bicyclic) bond motifs is 4. The largest absolute Gasteiger partial charge is 0.0843 e. The molecule has 1 spiro atoms. The van der Waals surface area contributed by atoms with Crippen molar-refractivity contribution in [3.05, 3.63) is 70.7 Å². The first-order chi connectivity index (χ1) is 13.2. The zero-order valence-corrected chi connectivity index (χ0v) is 16.2. The third-order valence-corrected chi connectivity index (χ3v) is 8.71. The van der Waals surface area contributed by atoms with Crippen LogP contribution in [-0.2, 0) is 5.41 Å². The number of hydrogen-bond acceptors (Lipinski definition) is 0. The maximum atomic E-state index is 6.49. The summed E-state index contributed by atoms with van der Waals surface area (Å²) in [6.07, 6.45) is 7.23. The van der Waals surface area contributed by atoms with Crippen LogP contribution in [0.3, 0.4) is 0 Å². The molecule has 3 aromatic carbocycles. The van der Waals surface area contributed by atoms with Gasteiger partial charge in [0.1, 0.15) is 0 Å². The van der Waals surface area contributed by atoms with Gasteiger partial charge in [0.05, 0.1) is 0 Å². The van der Waals surface area contributed by atoms with Crippen molar-refractivity contribution in [2.24, 2.45) is 23.7 Å². The van der Waals surface area contributed by atoms with Gasteiger partial charge in [0, 0.05) is 10.4 Å². The maximum absolute atomic E-state index is 6.49. The summed E-state index contributed by atoms with van der Waals surface area (Å²) >= 11 is 6.49. The Labute approximate surface area is 165 Å². The molecule has 0 saturated heterocycles. The molecule has 8 rings (SSSR count). The lowest BCUT2D eigenvalue weighted by molar-refractivity contribution is -0.0399. The Balaban J connectivity index is 1.59. The predicted octanol–water partition coefficient (Wildman–Crippen LogP) is 7.22. The third kappa shape index (κ3) is 1.77. The van der Waals surface area contributed by atoms with Crippen LogP contribution in [0.4, 0.5) is 0 Å². The van der Waals surface area contributed by atoms with Crippen LogP contribution in [0.1, 0.15) is 43.2 Å². The van der Waals surface area contributed by atoms with E-state index < -0.39 is 0 Å². The topological polar surface area (TPSA) is 0 Å². The van der Waals surface area contributed by atoms with E-state index in [0.29, 0.717) is 0 Å². The number of halogens is 1. The van der Waals surface area contributed by atoms with Crippen molar-refractivity contribution >= 4 is 22.4 Å². The Bertz CT molecular complexity index is 1080. The molecular weight excluding hydrogens is 348 g/mol. The van der Waals surface area contributed by atoms with Crippen molar-refractivity contribution in [2.75, 3.05) is 0 Å². The molecule has 4 fully saturated rings. The van der Waals surface area contributed by atoms with Crippen molar-refractivity contribution in [3.8, 4) is 11.1 Å². The van der Waals surface area contributed by atoms with Crippen LogP contribution >= 0.6 is 11.6 Å². The van der Waals surface area contributed by atoms with Crippen LogP contribution in [0.25, 0.3) is 21.9 Å². The number of hydrogen-bond donors (Lipinski definition) is 0. The van der Waals surface area contributed by atoms with Crippen molar-refractivity contribution in [3.63, 3.8) is 0 Å².